The van der Waals surface area contributed by atoms with Crippen molar-refractivity contribution in [3.63, 3.8) is 0 Å². The van der Waals surface area contributed by atoms with Crippen molar-refractivity contribution < 1.29 is 0 Å². The largest absolute Gasteiger partial charge is 0.404 e. The van der Waals surface area contributed by atoms with Crippen LogP contribution >= 0.6 is 0 Å². The summed E-state index contributed by atoms with van der Waals surface area (Å²) in [5.74, 6) is 0. The molecule has 8 aromatic rings. The number of benzene rings is 7. The third-order valence-electron chi connectivity index (χ3n) is 10.7. The highest BCUT2D eigenvalue weighted by Gasteiger charge is 2.21. The van der Waals surface area contributed by atoms with Crippen LogP contribution < -0.4 is 21.1 Å². The summed E-state index contributed by atoms with van der Waals surface area (Å²) in [6, 6.07) is 50.4. The summed E-state index contributed by atoms with van der Waals surface area (Å²) in [5, 5.41) is 7.08. The highest BCUT2D eigenvalue weighted by Crippen LogP contribution is 2.40. The zero-order valence-corrected chi connectivity index (χ0v) is 30.0. The Bertz CT molecular complexity index is 2960. The molecule has 0 bridgehead atoms. The van der Waals surface area contributed by atoms with Gasteiger partial charge in [0.15, 0.2) is 0 Å². The van der Waals surface area contributed by atoms with Gasteiger partial charge in [-0.2, -0.15) is 0 Å². The number of rotatable bonds is 7. The van der Waals surface area contributed by atoms with E-state index in [1.807, 2.05) is 37.4 Å². The molecule has 254 valence electrons. The molecule has 0 aliphatic heterocycles. The number of fused-ring (bicyclic) bond motifs is 7. The van der Waals surface area contributed by atoms with Crippen molar-refractivity contribution in [2.45, 2.75) is 13.8 Å². The molecular formula is C50H39N3. The SMILES string of the molecule is C=CN(c1ccccc1)c1ccc(-c2ccc3c(c2)c2cc4ccccc4cc2n3-c2cc3c(/c(=C\N)c2)=C(C)c2ccccc2-3)cc1C(=C)/C=C\C. The van der Waals surface area contributed by atoms with E-state index in [1.54, 1.807) is 6.20 Å². The van der Waals surface area contributed by atoms with Crippen LogP contribution in [-0.2, 0) is 0 Å². The highest BCUT2D eigenvalue weighted by atomic mass is 15.1. The maximum absolute atomic E-state index is 6.38. The van der Waals surface area contributed by atoms with Gasteiger partial charge in [-0.1, -0.05) is 104 Å². The monoisotopic (exact) mass is 681 g/mol. The Morgan fingerprint density at radius 3 is 2.11 bits per heavy atom. The molecule has 0 unspecified atom stereocenters. The Labute approximate surface area is 309 Å². The summed E-state index contributed by atoms with van der Waals surface area (Å²) < 4.78 is 2.41. The Morgan fingerprint density at radius 2 is 1.36 bits per heavy atom. The maximum Gasteiger partial charge on any atom is 0.0547 e. The summed E-state index contributed by atoms with van der Waals surface area (Å²) in [7, 11) is 0. The smallest absolute Gasteiger partial charge is 0.0547 e. The minimum absolute atomic E-state index is 0.939. The lowest BCUT2D eigenvalue weighted by Crippen LogP contribution is -2.28. The number of nitrogens with two attached hydrogens (primary N) is 1. The van der Waals surface area contributed by atoms with E-state index in [4.69, 9.17) is 5.73 Å². The van der Waals surface area contributed by atoms with Gasteiger partial charge < -0.3 is 15.2 Å². The molecule has 3 nitrogen and oxygen atoms in total. The first-order chi connectivity index (χ1) is 26.0. The van der Waals surface area contributed by atoms with E-state index < -0.39 is 0 Å². The molecule has 1 heterocycles. The van der Waals surface area contributed by atoms with Crippen molar-refractivity contribution in [3.8, 4) is 27.9 Å². The lowest BCUT2D eigenvalue weighted by Gasteiger charge is -2.24. The number of hydrogen-bond donors (Lipinski definition) is 1. The van der Waals surface area contributed by atoms with Crippen molar-refractivity contribution in [1.29, 1.82) is 0 Å². The highest BCUT2D eigenvalue weighted by molar-refractivity contribution is 6.14. The second-order valence-electron chi connectivity index (χ2n) is 13.7. The van der Waals surface area contributed by atoms with Crippen molar-refractivity contribution >= 4 is 61.3 Å². The van der Waals surface area contributed by atoms with Crippen LogP contribution in [0.15, 0.2) is 171 Å². The quantitative estimate of drug-likeness (QED) is 0.170. The number of hydrogen-bond acceptors (Lipinski definition) is 2. The zero-order chi connectivity index (χ0) is 36.2. The molecule has 0 saturated heterocycles. The van der Waals surface area contributed by atoms with Crippen molar-refractivity contribution in [2.75, 3.05) is 4.90 Å². The minimum Gasteiger partial charge on any atom is -0.404 e. The third kappa shape index (κ3) is 5.12. The fraction of sp³-hybridized carbons (Fsp3) is 0.0400. The van der Waals surface area contributed by atoms with Crippen LogP contribution in [0.5, 0.6) is 0 Å². The molecule has 1 aliphatic rings. The summed E-state index contributed by atoms with van der Waals surface area (Å²) in [4.78, 5) is 2.12. The van der Waals surface area contributed by atoms with E-state index in [0.717, 1.165) is 55.6 Å². The van der Waals surface area contributed by atoms with Gasteiger partial charge in [0, 0.05) is 45.3 Å². The number of anilines is 2. The summed E-state index contributed by atoms with van der Waals surface area (Å²) in [5.41, 5.74) is 21.1. The lowest BCUT2D eigenvalue weighted by molar-refractivity contribution is 1.17. The second-order valence-corrected chi connectivity index (χ2v) is 13.7. The molecule has 0 radical (unpaired) electrons. The van der Waals surface area contributed by atoms with Gasteiger partial charge in [0.05, 0.1) is 16.7 Å². The minimum atomic E-state index is 0.939. The topological polar surface area (TPSA) is 34.2 Å². The first-order valence-corrected chi connectivity index (χ1v) is 18.1. The number of allylic oxidation sites excluding steroid dienone is 3. The first kappa shape index (κ1) is 32.1. The van der Waals surface area contributed by atoms with Crippen molar-refractivity contribution in [1.82, 2.24) is 4.57 Å². The van der Waals surface area contributed by atoms with E-state index in [2.05, 4.69) is 157 Å². The third-order valence-corrected chi connectivity index (χ3v) is 10.7. The second kappa shape index (κ2) is 12.7. The van der Waals surface area contributed by atoms with Gasteiger partial charge in [-0.25, -0.2) is 0 Å². The molecule has 0 saturated carbocycles. The molecule has 3 heteroatoms. The van der Waals surface area contributed by atoms with Crippen molar-refractivity contribution in [2.24, 2.45) is 5.73 Å². The summed E-state index contributed by atoms with van der Waals surface area (Å²) >= 11 is 0. The molecule has 0 amide bonds. The molecule has 1 aromatic heterocycles. The van der Waals surface area contributed by atoms with Crippen LogP contribution in [0.3, 0.4) is 0 Å². The average molecular weight is 682 g/mol. The molecule has 7 aromatic carbocycles. The summed E-state index contributed by atoms with van der Waals surface area (Å²) in [6.07, 6.45) is 7.73. The Morgan fingerprint density at radius 1 is 0.679 bits per heavy atom. The first-order valence-electron chi connectivity index (χ1n) is 18.1. The van der Waals surface area contributed by atoms with Crippen LogP contribution in [-0.4, -0.2) is 4.57 Å². The zero-order valence-electron chi connectivity index (χ0n) is 30.0. The molecule has 0 spiro atoms. The number of aromatic nitrogens is 1. The molecule has 53 heavy (non-hydrogen) atoms. The number of nitrogens with zero attached hydrogens (tertiary/aromatic N) is 2. The van der Waals surface area contributed by atoms with Crippen LogP contribution in [0.2, 0.25) is 0 Å². The fourth-order valence-electron chi connectivity index (χ4n) is 8.29. The summed E-state index contributed by atoms with van der Waals surface area (Å²) in [6.45, 7) is 12.9. The van der Waals surface area contributed by atoms with Crippen LogP contribution in [0.1, 0.15) is 25.0 Å². The van der Waals surface area contributed by atoms with Gasteiger partial charge in [-0.3, -0.25) is 0 Å². The maximum atomic E-state index is 6.38. The predicted molar refractivity (Wildman–Crippen MR) is 228 cm³/mol. The van der Waals surface area contributed by atoms with E-state index in [-0.39, 0.29) is 0 Å². The molecule has 2 N–H and O–H groups in total. The average Bonchev–Trinajstić information content (AvgIpc) is 3.68. The van der Waals surface area contributed by atoms with Crippen LogP contribution in [0, 0.1) is 0 Å². The Hall–Kier alpha value is -6.84. The van der Waals surface area contributed by atoms with Gasteiger partial charge in [0.25, 0.3) is 0 Å². The predicted octanol–water partition coefficient (Wildman–Crippen LogP) is 11.4. The van der Waals surface area contributed by atoms with E-state index in [9.17, 15) is 0 Å². The van der Waals surface area contributed by atoms with Crippen molar-refractivity contribution in [3.05, 3.63) is 193 Å². The normalized spacial score (nSPS) is 12.6. The van der Waals surface area contributed by atoms with E-state index in [0.29, 0.717) is 0 Å². The Balaban J connectivity index is 1.28. The Kier molecular flexibility index (Phi) is 7.71. The van der Waals surface area contributed by atoms with Crippen LogP contribution in [0.25, 0.3) is 77.9 Å². The van der Waals surface area contributed by atoms with E-state index in [1.165, 1.54) is 49.0 Å². The van der Waals surface area contributed by atoms with Gasteiger partial charge in [0.1, 0.15) is 0 Å². The molecule has 1 aliphatic carbocycles. The van der Waals surface area contributed by atoms with Gasteiger partial charge in [0.2, 0.25) is 0 Å². The molecule has 0 atom stereocenters. The van der Waals surface area contributed by atoms with Gasteiger partial charge in [-0.15, -0.1) is 0 Å². The fourth-order valence-corrected chi connectivity index (χ4v) is 8.29. The molecule has 9 rings (SSSR count). The lowest BCUT2D eigenvalue weighted by atomic mass is 9.96. The molecular weight excluding hydrogens is 643 g/mol. The van der Waals surface area contributed by atoms with Gasteiger partial charge >= 0.3 is 0 Å². The number of para-hydroxylation sites is 1. The van der Waals surface area contributed by atoms with Gasteiger partial charge in [-0.05, 0) is 129 Å². The standard InChI is InChI=1S/C50H39N3/c1-5-14-32(3)43-26-36(21-23-47(43)52(6-2)39-17-8-7-9-18-39)37-22-24-48-44(28-37)45-27-34-15-10-11-16-35(34)29-49(45)53(48)40-25-38(31-51)50-33(4)41-19-12-13-20-42(41)46(50)30-40/h5-31H,2-3,51H2,1,4H3/b14-5-,38-31-. The van der Waals surface area contributed by atoms with E-state index >= 15 is 0 Å². The van der Waals surface area contributed by atoms with Crippen LogP contribution in [0.4, 0.5) is 11.4 Å². The molecule has 0 fully saturated rings.